The average Bonchev–Trinajstić information content (AvgIpc) is 2.86. The maximum absolute atomic E-state index is 12.6. The summed E-state index contributed by atoms with van der Waals surface area (Å²) in [6, 6.07) is 29.5. The van der Waals surface area contributed by atoms with Crippen LogP contribution in [0.2, 0.25) is 0 Å². The summed E-state index contributed by atoms with van der Waals surface area (Å²) in [5.41, 5.74) is 7.48. The summed E-state index contributed by atoms with van der Waals surface area (Å²) in [6.07, 6.45) is 3.69. The fraction of sp³-hybridized carbons (Fsp3) is 0.300. The molecular formula is C30H34N2O. The van der Waals surface area contributed by atoms with Gasteiger partial charge in [0.2, 0.25) is 0 Å². The largest absolute Gasteiger partial charge is 0.378 e. The van der Waals surface area contributed by atoms with Gasteiger partial charge in [0, 0.05) is 44.9 Å². The summed E-state index contributed by atoms with van der Waals surface area (Å²) in [5.74, 6) is 0.244. The van der Waals surface area contributed by atoms with Gasteiger partial charge < -0.3 is 9.80 Å². The van der Waals surface area contributed by atoms with Crippen molar-refractivity contribution in [2.45, 2.75) is 25.7 Å². The van der Waals surface area contributed by atoms with Crippen LogP contribution in [-0.2, 0) is 0 Å². The van der Waals surface area contributed by atoms with Crippen molar-refractivity contribution < 1.29 is 4.79 Å². The van der Waals surface area contributed by atoms with Crippen molar-refractivity contribution in [3.05, 3.63) is 107 Å². The topological polar surface area (TPSA) is 23.6 Å². The molecule has 3 nitrogen and oxygen atoms in total. The molecule has 3 aromatic rings. The Balaban J connectivity index is 1.34. The molecule has 0 aliphatic carbocycles. The molecule has 0 saturated carbocycles. The monoisotopic (exact) mass is 438 g/mol. The van der Waals surface area contributed by atoms with Crippen molar-refractivity contribution in [3.8, 4) is 0 Å². The first-order valence-corrected chi connectivity index (χ1v) is 12.0. The molecule has 0 radical (unpaired) electrons. The van der Waals surface area contributed by atoms with Crippen LogP contribution in [0.25, 0.3) is 5.57 Å². The molecule has 1 saturated heterocycles. The van der Waals surface area contributed by atoms with Gasteiger partial charge in [-0.05, 0) is 66.8 Å². The minimum absolute atomic E-state index is 0.244. The Morgan fingerprint density at radius 3 is 1.82 bits per heavy atom. The number of rotatable bonds is 8. The predicted octanol–water partition coefficient (Wildman–Crippen LogP) is 6.31. The number of benzene rings is 3. The molecule has 0 amide bonds. The zero-order chi connectivity index (χ0) is 23.0. The van der Waals surface area contributed by atoms with Crippen LogP contribution in [0.1, 0.15) is 47.2 Å². The molecule has 0 bridgehead atoms. The SMILES string of the molecule is CN(C)c1ccc(C(=O)CCCN2CCC(=C(c3ccccc3)c3ccccc3)CC2)cc1. The number of Topliss-reactive ketones (excluding diaryl/α,β-unsaturated/α-hetero) is 1. The Labute approximate surface area is 198 Å². The summed E-state index contributed by atoms with van der Waals surface area (Å²) in [7, 11) is 4.03. The highest BCUT2D eigenvalue weighted by Crippen LogP contribution is 2.32. The third-order valence-electron chi connectivity index (χ3n) is 6.52. The molecule has 3 aromatic carbocycles. The minimum Gasteiger partial charge on any atom is -0.378 e. The fourth-order valence-electron chi connectivity index (χ4n) is 4.63. The van der Waals surface area contributed by atoms with Gasteiger partial charge in [0.15, 0.2) is 5.78 Å². The highest BCUT2D eigenvalue weighted by molar-refractivity contribution is 5.96. The Hall–Kier alpha value is -3.17. The lowest BCUT2D eigenvalue weighted by Crippen LogP contribution is -2.32. The minimum atomic E-state index is 0.244. The lowest BCUT2D eigenvalue weighted by Gasteiger charge is -2.30. The Morgan fingerprint density at radius 2 is 1.30 bits per heavy atom. The zero-order valence-electron chi connectivity index (χ0n) is 19.8. The highest BCUT2D eigenvalue weighted by Gasteiger charge is 2.19. The van der Waals surface area contributed by atoms with Crippen LogP contribution in [0, 0.1) is 0 Å². The summed E-state index contributed by atoms with van der Waals surface area (Å²) >= 11 is 0. The van der Waals surface area contributed by atoms with E-state index in [1.165, 1.54) is 16.7 Å². The average molecular weight is 439 g/mol. The van der Waals surface area contributed by atoms with Gasteiger partial charge in [0.05, 0.1) is 0 Å². The lowest BCUT2D eigenvalue weighted by molar-refractivity contribution is 0.0974. The molecule has 1 heterocycles. The van der Waals surface area contributed by atoms with Crippen molar-refractivity contribution in [2.24, 2.45) is 0 Å². The fourth-order valence-corrected chi connectivity index (χ4v) is 4.63. The molecule has 0 N–H and O–H groups in total. The number of hydrogen-bond acceptors (Lipinski definition) is 3. The van der Waals surface area contributed by atoms with Gasteiger partial charge in [0.1, 0.15) is 0 Å². The zero-order valence-corrected chi connectivity index (χ0v) is 19.8. The van der Waals surface area contributed by atoms with Gasteiger partial charge >= 0.3 is 0 Å². The molecule has 170 valence electrons. The molecule has 1 fully saturated rings. The van der Waals surface area contributed by atoms with E-state index in [-0.39, 0.29) is 5.78 Å². The number of nitrogens with zero attached hydrogens (tertiary/aromatic N) is 2. The van der Waals surface area contributed by atoms with Gasteiger partial charge in [0.25, 0.3) is 0 Å². The molecular weight excluding hydrogens is 404 g/mol. The van der Waals surface area contributed by atoms with E-state index < -0.39 is 0 Å². The quantitative estimate of drug-likeness (QED) is 0.385. The molecule has 0 spiro atoms. The lowest BCUT2D eigenvalue weighted by atomic mass is 9.88. The van der Waals surface area contributed by atoms with E-state index in [1.807, 2.05) is 43.3 Å². The summed E-state index contributed by atoms with van der Waals surface area (Å²) in [4.78, 5) is 17.1. The van der Waals surface area contributed by atoms with Crippen LogP contribution >= 0.6 is 0 Å². The van der Waals surface area contributed by atoms with Gasteiger partial charge in [-0.2, -0.15) is 0 Å². The maximum Gasteiger partial charge on any atom is 0.162 e. The van der Waals surface area contributed by atoms with Crippen LogP contribution in [0.4, 0.5) is 5.69 Å². The highest BCUT2D eigenvalue weighted by atomic mass is 16.1. The van der Waals surface area contributed by atoms with Gasteiger partial charge in [-0.25, -0.2) is 0 Å². The van der Waals surface area contributed by atoms with E-state index in [0.29, 0.717) is 6.42 Å². The van der Waals surface area contributed by atoms with Crippen LogP contribution in [-0.4, -0.2) is 44.4 Å². The molecule has 1 aliphatic rings. The van der Waals surface area contributed by atoms with Crippen molar-refractivity contribution in [3.63, 3.8) is 0 Å². The standard InChI is InChI=1S/C30H34N2O/c1-31(2)28-17-15-24(16-18-28)29(33)14-9-21-32-22-19-27(20-23-32)30(25-10-5-3-6-11-25)26-12-7-4-8-13-26/h3-8,10-13,15-18H,9,14,19-23H2,1-2H3. The number of ketones is 1. The molecule has 3 heteroatoms. The van der Waals surface area contributed by atoms with Crippen LogP contribution in [0.15, 0.2) is 90.5 Å². The summed E-state index contributed by atoms with van der Waals surface area (Å²) in [6.45, 7) is 3.11. The maximum atomic E-state index is 12.6. The predicted molar refractivity (Wildman–Crippen MR) is 139 cm³/mol. The van der Waals surface area contributed by atoms with E-state index >= 15 is 0 Å². The smallest absolute Gasteiger partial charge is 0.162 e. The first kappa shape index (κ1) is 23.0. The number of anilines is 1. The molecule has 4 rings (SSSR count). The third-order valence-corrected chi connectivity index (χ3v) is 6.52. The molecule has 0 unspecified atom stereocenters. The second-order valence-corrected chi connectivity index (χ2v) is 9.02. The summed E-state index contributed by atoms with van der Waals surface area (Å²) in [5, 5.41) is 0. The van der Waals surface area contributed by atoms with E-state index in [0.717, 1.165) is 50.1 Å². The van der Waals surface area contributed by atoms with Crippen LogP contribution in [0.3, 0.4) is 0 Å². The Morgan fingerprint density at radius 1 is 0.758 bits per heavy atom. The first-order valence-electron chi connectivity index (χ1n) is 12.0. The van der Waals surface area contributed by atoms with Crippen molar-refractivity contribution in [2.75, 3.05) is 38.6 Å². The van der Waals surface area contributed by atoms with E-state index in [1.54, 1.807) is 5.57 Å². The molecule has 0 atom stereocenters. The second-order valence-electron chi connectivity index (χ2n) is 9.02. The van der Waals surface area contributed by atoms with Gasteiger partial charge in [-0.1, -0.05) is 66.2 Å². The molecule has 0 aromatic heterocycles. The third kappa shape index (κ3) is 6.00. The van der Waals surface area contributed by atoms with Crippen molar-refractivity contribution in [1.29, 1.82) is 0 Å². The number of piperidine rings is 1. The second kappa shape index (κ2) is 11.1. The Kier molecular flexibility index (Phi) is 7.74. The van der Waals surface area contributed by atoms with Crippen LogP contribution in [0.5, 0.6) is 0 Å². The van der Waals surface area contributed by atoms with E-state index in [2.05, 4.69) is 65.6 Å². The number of hydrogen-bond donors (Lipinski definition) is 0. The van der Waals surface area contributed by atoms with E-state index in [4.69, 9.17) is 0 Å². The Bertz CT molecular complexity index is 1020. The van der Waals surface area contributed by atoms with Gasteiger partial charge in [-0.3, -0.25) is 4.79 Å². The number of likely N-dealkylation sites (tertiary alicyclic amines) is 1. The van der Waals surface area contributed by atoms with Crippen molar-refractivity contribution >= 4 is 17.0 Å². The van der Waals surface area contributed by atoms with Crippen LogP contribution < -0.4 is 4.90 Å². The normalized spacial score (nSPS) is 14.2. The van der Waals surface area contributed by atoms with E-state index in [9.17, 15) is 4.79 Å². The van der Waals surface area contributed by atoms with Crippen molar-refractivity contribution in [1.82, 2.24) is 4.90 Å². The van der Waals surface area contributed by atoms with Gasteiger partial charge in [-0.15, -0.1) is 0 Å². The number of carbonyl (C=O) groups excluding carboxylic acids is 1. The molecule has 1 aliphatic heterocycles. The summed E-state index contributed by atoms with van der Waals surface area (Å²) < 4.78 is 0. The number of carbonyl (C=O) groups is 1. The molecule has 33 heavy (non-hydrogen) atoms. The first-order chi connectivity index (χ1) is 16.1.